The molecule has 0 fully saturated rings. The van der Waals surface area contributed by atoms with Gasteiger partial charge in [-0.3, -0.25) is 9.59 Å². The molecule has 8 heteroatoms. The molecule has 4 rings (SSSR count). The van der Waals surface area contributed by atoms with E-state index in [2.05, 4.69) is 10.6 Å². The summed E-state index contributed by atoms with van der Waals surface area (Å²) >= 11 is 0. The van der Waals surface area contributed by atoms with Gasteiger partial charge in [0, 0.05) is 22.3 Å². The molecule has 0 radical (unpaired) electrons. The van der Waals surface area contributed by atoms with Crippen LogP contribution in [0.15, 0.2) is 84.9 Å². The van der Waals surface area contributed by atoms with Crippen LogP contribution in [-0.2, 0) is 0 Å². The number of nitrogens with one attached hydrogen (secondary N) is 2. The third-order valence-corrected chi connectivity index (χ3v) is 6.09. The number of hydrogen-bond acceptors (Lipinski definition) is 6. The van der Waals surface area contributed by atoms with Crippen molar-refractivity contribution >= 4 is 35.1 Å². The van der Waals surface area contributed by atoms with Gasteiger partial charge in [0.1, 0.15) is 0 Å². The van der Waals surface area contributed by atoms with Crippen molar-refractivity contribution in [2.45, 2.75) is 13.8 Å². The number of carboxylic acids is 2. The maximum atomic E-state index is 12.7. The molecule has 0 aliphatic heterocycles. The average Bonchev–Trinajstić information content (AvgIpc) is 2.89. The van der Waals surface area contributed by atoms with Gasteiger partial charge in [-0.15, -0.1) is 0 Å². The molecule has 0 saturated carbocycles. The predicted molar refractivity (Wildman–Crippen MR) is 139 cm³/mol. The van der Waals surface area contributed by atoms with Crippen molar-refractivity contribution in [2.75, 3.05) is 10.6 Å². The van der Waals surface area contributed by atoms with Gasteiger partial charge < -0.3 is 30.4 Å². The molecule has 0 aromatic heterocycles. The topological polar surface area (TPSA) is 138 Å². The van der Waals surface area contributed by atoms with E-state index in [1.807, 2.05) is 0 Å². The summed E-state index contributed by atoms with van der Waals surface area (Å²) in [5.74, 6) is -4.00. The van der Waals surface area contributed by atoms with Gasteiger partial charge in [0.25, 0.3) is 11.8 Å². The number of rotatable bonds is 7. The van der Waals surface area contributed by atoms with E-state index < -0.39 is 23.8 Å². The lowest BCUT2D eigenvalue weighted by Gasteiger charge is -2.17. The third kappa shape index (κ3) is 5.44. The van der Waals surface area contributed by atoms with Crippen molar-refractivity contribution in [1.82, 2.24) is 0 Å². The zero-order valence-corrected chi connectivity index (χ0v) is 20.5. The normalized spacial score (nSPS) is 10.5. The van der Waals surface area contributed by atoms with Gasteiger partial charge in [0.2, 0.25) is 0 Å². The first-order chi connectivity index (χ1) is 18.2. The molecule has 8 nitrogen and oxygen atoms in total. The third-order valence-electron chi connectivity index (χ3n) is 6.09. The molecule has 38 heavy (non-hydrogen) atoms. The maximum absolute atomic E-state index is 12.7. The van der Waals surface area contributed by atoms with Crippen molar-refractivity contribution in [3.8, 4) is 11.1 Å². The highest BCUT2D eigenvalue weighted by molar-refractivity contribution is 6.10. The van der Waals surface area contributed by atoms with E-state index in [0.29, 0.717) is 22.3 Å². The number of aromatic carboxylic acids is 2. The fourth-order valence-electron chi connectivity index (χ4n) is 4.04. The van der Waals surface area contributed by atoms with Crippen molar-refractivity contribution in [2.24, 2.45) is 0 Å². The minimum absolute atomic E-state index is 0.0317. The Kier molecular flexibility index (Phi) is 7.34. The Morgan fingerprint density at radius 3 is 1.24 bits per heavy atom. The second kappa shape index (κ2) is 10.8. The largest absolute Gasteiger partial charge is 0.545 e. The number of benzene rings is 4. The molecule has 0 unspecified atom stereocenters. The number of aryl methyl sites for hydroxylation is 2. The maximum Gasteiger partial charge on any atom is 0.255 e. The van der Waals surface area contributed by atoms with Crippen LogP contribution in [0.1, 0.15) is 52.6 Å². The van der Waals surface area contributed by atoms with Gasteiger partial charge in [0.05, 0.1) is 23.3 Å². The summed E-state index contributed by atoms with van der Waals surface area (Å²) in [4.78, 5) is 49.2. The summed E-state index contributed by atoms with van der Waals surface area (Å²) in [6, 6.07) is 22.2. The molecule has 0 spiro atoms. The lowest BCUT2D eigenvalue weighted by Crippen LogP contribution is -2.25. The molecule has 0 saturated heterocycles. The SMILES string of the molecule is Cc1ccccc1C(=O)Nc1ccc(-c2ccc(NC(=O)c3ccccc3C)c(C(=O)[O-])c2)cc1C(=O)[O-]. The van der Waals surface area contributed by atoms with Crippen LogP contribution in [0.2, 0.25) is 0 Å². The van der Waals surface area contributed by atoms with E-state index in [1.165, 1.54) is 24.3 Å². The molecule has 0 aliphatic carbocycles. The predicted octanol–water partition coefficient (Wildman–Crippen LogP) is 3.20. The summed E-state index contributed by atoms with van der Waals surface area (Å²) in [5, 5.41) is 29.0. The highest BCUT2D eigenvalue weighted by Crippen LogP contribution is 2.29. The summed E-state index contributed by atoms with van der Waals surface area (Å²) in [6.45, 7) is 3.53. The van der Waals surface area contributed by atoms with Gasteiger partial charge >= 0.3 is 0 Å². The monoisotopic (exact) mass is 506 g/mol. The molecule has 0 heterocycles. The highest BCUT2D eigenvalue weighted by Gasteiger charge is 2.15. The average molecular weight is 507 g/mol. The molecule has 190 valence electrons. The molecule has 4 aromatic rings. The van der Waals surface area contributed by atoms with E-state index in [0.717, 1.165) is 11.1 Å². The van der Waals surface area contributed by atoms with Gasteiger partial charge in [-0.1, -0.05) is 48.5 Å². The van der Waals surface area contributed by atoms with E-state index in [-0.39, 0.29) is 22.5 Å². The van der Waals surface area contributed by atoms with Crippen LogP contribution in [0.4, 0.5) is 11.4 Å². The first kappa shape index (κ1) is 25.8. The van der Waals surface area contributed by atoms with Crippen LogP contribution >= 0.6 is 0 Å². The quantitative estimate of drug-likeness (QED) is 0.395. The Morgan fingerprint density at radius 2 is 0.895 bits per heavy atom. The molecule has 4 aromatic carbocycles. The number of amides is 2. The first-order valence-electron chi connectivity index (χ1n) is 11.6. The van der Waals surface area contributed by atoms with Crippen molar-refractivity contribution < 1.29 is 29.4 Å². The lowest BCUT2D eigenvalue weighted by molar-refractivity contribution is -0.256. The smallest absolute Gasteiger partial charge is 0.255 e. The number of carbonyl (C=O) groups excluding carboxylic acids is 4. The molecular formula is C30H22N2O6-2. The van der Waals surface area contributed by atoms with E-state index >= 15 is 0 Å². The summed E-state index contributed by atoms with van der Waals surface area (Å²) in [5.41, 5.74) is 2.45. The van der Waals surface area contributed by atoms with E-state index in [1.54, 1.807) is 74.5 Å². The Labute approximate surface area is 218 Å². The minimum atomic E-state index is -1.52. The van der Waals surface area contributed by atoms with Crippen LogP contribution < -0.4 is 20.8 Å². The van der Waals surface area contributed by atoms with Crippen LogP contribution in [0.5, 0.6) is 0 Å². The van der Waals surface area contributed by atoms with Crippen LogP contribution in [-0.4, -0.2) is 23.8 Å². The molecule has 0 aliphatic rings. The van der Waals surface area contributed by atoms with Crippen molar-refractivity contribution in [3.05, 3.63) is 118 Å². The number of carboxylic acid groups (broad SMARTS) is 2. The number of anilines is 2. The second-order valence-electron chi connectivity index (χ2n) is 8.63. The second-order valence-corrected chi connectivity index (χ2v) is 8.63. The summed E-state index contributed by atoms with van der Waals surface area (Å²) in [7, 11) is 0. The van der Waals surface area contributed by atoms with Crippen LogP contribution in [0.3, 0.4) is 0 Å². The molecule has 0 atom stereocenters. The van der Waals surface area contributed by atoms with E-state index in [4.69, 9.17) is 0 Å². The number of carbonyl (C=O) groups is 4. The molecule has 2 amide bonds. The van der Waals surface area contributed by atoms with Gasteiger partial charge in [-0.05, 0) is 72.5 Å². The zero-order chi connectivity index (χ0) is 27.4. The first-order valence-corrected chi connectivity index (χ1v) is 11.6. The Hall–Kier alpha value is -5.24. The van der Waals surface area contributed by atoms with Crippen LogP contribution in [0, 0.1) is 13.8 Å². The van der Waals surface area contributed by atoms with Crippen molar-refractivity contribution in [3.63, 3.8) is 0 Å². The van der Waals surface area contributed by atoms with Crippen LogP contribution in [0.25, 0.3) is 11.1 Å². The standard InChI is InChI=1S/C30H24N2O6/c1-17-7-3-5-9-21(17)27(33)31-25-13-11-19(15-23(25)29(35)36)20-12-14-26(24(16-20)30(37)38)32-28(34)22-10-6-4-8-18(22)2/h3-16H,1-2H3,(H,31,33)(H,32,34)(H,35,36)(H,37,38)/p-2. The van der Waals surface area contributed by atoms with E-state index in [9.17, 15) is 29.4 Å². The Balaban J connectivity index is 1.65. The highest BCUT2D eigenvalue weighted by atomic mass is 16.4. The molecular weight excluding hydrogens is 484 g/mol. The van der Waals surface area contributed by atoms with Crippen molar-refractivity contribution in [1.29, 1.82) is 0 Å². The van der Waals surface area contributed by atoms with Gasteiger partial charge in [-0.25, -0.2) is 0 Å². The zero-order valence-electron chi connectivity index (χ0n) is 20.5. The lowest BCUT2D eigenvalue weighted by atomic mass is 9.98. The van der Waals surface area contributed by atoms with Gasteiger partial charge in [-0.2, -0.15) is 0 Å². The summed E-state index contributed by atoms with van der Waals surface area (Å²) in [6.07, 6.45) is 0. The fourth-order valence-corrected chi connectivity index (χ4v) is 4.04. The Bertz CT molecular complexity index is 1470. The Morgan fingerprint density at radius 1 is 0.526 bits per heavy atom. The van der Waals surface area contributed by atoms with Gasteiger partial charge in [0.15, 0.2) is 0 Å². The fraction of sp³-hybridized carbons (Fsp3) is 0.0667. The minimum Gasteiger partial charge on any atom is -0.545 e. The number of hydrogen-bond donors (Lipinski definition) is 2. The molecule has 0 bridgehead atoms. The summed E-state index contributed by atoms with van der Waals surface area (Å²) < 4.78 is 0. The molecule has 2 N–H and O–H groups in total.